The van der Waals surface area contributed by atoms with Crippen molar-refractivity contribution < 1.29 is 4.74 Å². The van der Waals surface area contributed by atoms with Crippen LogP contribution in [0.15, 0.2) is 48.7 Å². The number of hydrogen-bond acceptors (Lipinski definition) is 3. The fraction of sp³-hybridized carbons (Fsp3) is 0.320. The van der Waals surface area contributed by atoms with E-state index in [0.29, 0.717) is 12.5 Å². The highest BCUT2D eigenvalue weighted by atomic mass is 16.5. The van der Waals surface area contributed by atoms with Crippen LogP contribution in [0.4, 0.5) is 0 Å². The first kappa shape index (κ1) is 18.9. The summed E-state index contributed by atoms with van der Waals surface area (Å²) < 4.78 is 8.35. The normalized spacial score (nSPS) is 13.7. The maximum absolute atomic E-state index is 6.23. The lowest BCUT2D eigenvalue weighted by atomic mass is 10.0. The van der Waals surface area contributed by atoms with Gasteiger partial charge in [-0.2, -0.15) is 5.10 Å². The van der Waals surface area contributed by atoms with Gasteiger partial charge in [0.25, 0.3) is 0 Å². The molecule has 5 heteroatoms. The molecule has 5 nitrogen and oxygen atoms in total. The van der Waals surface area contributed by atoms with Crippen LogP contribution in [-0.2, 0) is 13.0 Å². The minimum absolute atomic E-state index is 0.462. The Labute approximate surface area is 177 Å². The first-order valence-electron chi connectivity index (χ1n) is 10.7. The molecule has 2 N–H and O–H groups in total. The monoisotopic (exact) mass is 400 g/mol. The van der Waals surface area contributed by atoms with Crippen LogP contribution in [0.5, 0.6) is 5.75 Å². The number of aromatic nitrogens is 3. The zero-order valence-electron chi connectivity index (χ0n) is 17.8. The molecule has 3 heterocycles. The second-order valence-corrected chi connectivity index (χ2v) is 8.52. The number of hydrogen-bond donors (Lipinski definition) is 2. The third-order valence-corrected chi connectivity index (χ3v) is 5.72. The highest BCUT2D eigenvalue weighted by molar-refractivity contribution is 5.85. The van der Waals surface area contributed by atoms with Crippen LogP contribution < -0.4 is 10.1 Å². The van der Waals surface area contributed by atoms with Crippen molar-refractivity contribution in [3.63, 3.8) is 0 Å². The van der Waals surface area contributed by atoms with Crippen LogP contribution >= 0.6 is 0 Å². The molecule has 0 unspecified atom stereocenters. The number of aromatic amines is 1. The molecule has 0 radical (unpaired) electrons. The first-order valence-corrected chi connectivity index (χ1v) is 10.7. The summed E-state index contributed by atoms with van der Waals surface area (Å²) in [4.78, 5) is 3.29. The first-order chi connectivity index (χ1) is 14.6. The van der Waals surface area contributed by atoms with E-state index >= 15 is 0 Å². The number of ether oxygens (including phenoxy) is 1. The number of benzene rings is 2. The lowest BCUT2D eigenvalue weighted by Crippen LogP contribution is -2.23. The fourth-order valence-electron chi connectivity index (χ4n) is 4.24. The van der Waals surface area contributed by atoms with Gasteiger partial charge in [0.15, 0.2) is 0 Å². The topological polar surface area (TPSA) is 54.9 Å². The molecule has 0 amide bonds. The summed E-state index contributed by atoms with van der Waals surface area (Å²) in [5.41, 5.74) is 8.14. The van der Waals surface area contributed by atoms with Crippen LogP contribution in [-0.4, -0.2) is 27.9 Å². The highest BCUT2D eigenvalue weighted by Gasteiger charge is 2.25. The number of para-hydroxylation sites is 1. The molecule has 1 aliphatic rings. The highest BCUT2D eigenvalue weighted by Crippen LogP contribution is 2.36. The molecule has 0 bridgehead atoms. The maximum Gasteiger partial charge on any atom is 0.145 e. The predicted molar refractivity (Wildman–Crippen MR) is 121 cm³/mol. The van der Waals surface area contributed by atoms with E-state index in [1.54, 1.807) is 0 Å². The summed E-state index contributed by atoms with van der Waals surface area (Å²) in [5, 5.41) is 9.84. The standard InChI is InChI=1S/C25H28N4O/c1-16(2)15-30-23-6-4-5-17(3)24(23)29-25(20-14-26-11-10-22(20)28-29)19-7-8-21-18(13-19)9-12-27-21/h4-9,12-13,16,26-27H,10-11,14-15H2,1-3H3. The largest absolute Gasteiger partial charge is 0.491 e. The predicted octanol–water partition coefficient (Wildman–Crippen LogP) is 5.01. The van der Waals surface area contributed by atoms with Gasteiger partial charge in [0, 0.05) is 47.7 Å². The molecule has 0 atom stereocenters. The zero-order valence-corrected chi connectivity index (χ0v) is 17.8. The van der Waals surface area contributed by atoms with Crippen LogP contribution in [0.3, 0.4) is 0 Å². The summed E-state index contributed by atoms with van der Waals surface area (Å²) in [5.74, 6) is 1.35. The van der Waals surface area contributed by atoms with Crippen LogP contribution in [0.1, 0.15) is 30.7 Å². The number of nitrogens with zero attached hydrogens (tertiary/aromatic N) is 2. The molecule has 0 aliphatic carbocycles. The Morgan fingerprint density at radius 3 is 2.93 bits per heavy atom. The molecular weight excluding hydrogens is 372 g/mol. The van der Waals surface area contributed by atoms with Crippen molar-refractivity contribution in [1.29, 1.82) is 0 Å². The van der Waals surface area contributed by atoms with Crippen LogP contribution in [0.25, 0.3) is 27.8 Å². The second kappa shape index (κ2) is 7.65. The smallest absolute Gasteiger partial charge is 0.145 e. The average Bonchev–Trinajstić information content (AvgIpc) is 3.35. The molecule has 0 fully saturated rings. The quantitative estimate of drug-likeness (QED) is 0.495. The summed E-state index contributed by atoms with van der Waals surface area (Å²) >= 11 is 0. The Morgan fingerprint density at radius 2 is 2.07 bits per heavy atom. The minimum Gasteiger partial charge on any atom is -0.491 e. The Bertz CT molecular complexity index is 1200. The van der Waals surface area contributed by atoms with Gasteiger partial charge in [0.05, 0.1) is 18.0 Å². The Balaban J connectivity index is 1.73. The third kappa shape index (κ3) is 3.29. The molecule has 2 aromatic carbocycles. The van der Waals surface area contributed by atoms with Gasteiger partial charge in [0.2, 0.25) is 0 Å². The summed E-state index contributed by atoms with van der Waals surface area (Å²) in [6.45, 7) is 8.96. The van der Waals surface area contributed by atoms with Gasteiger partial charge < -0.3 is 15.0 Å². The van der Waals surface area contributed by atoms with Gasteiger partial charge >= 0.3 is 0 Å². The summed E-state index contributed by atoms with van der Waals surface area (Å²) in [6, 6.07) is 15.0. The van der Waals surface area contributed by atoms with Gasteiger partial charge in [-0.15, -0.1) is 0 Å². The molecule has 0 saturated carbocycles. The third-order valence-electron chi connectivity index (χ3n) is 5.72. The van der Waals surface area contributed by atoms with Crippen molar-refractivity contribution in [1.82, 2.24) is 20.1 Å². The Morgan fingerprint density at radius 1 is 1.17 bits per heavy atom. The number of nitrogens with one attached hydrogen (secondary N) is 2. The lowest BCUT2D eigenvalue weighted by Gasteiger charge is -2.18. The summed E-state index contributed by atoms with van der Waals surface area (Å²) in [7, 11) is 0. The van der Waals surface area contributed by atoms with Gasteiger partial charge in [-0.05, 0) is 42.7 Å². The SMILES string of the molecule is Cc1cccc(OCC(C)C)c1-n1nc2c(c1-c1ccc3[nH]ccc3c1)CNCC2. The minimum atomic E-state index is 0.462. The lowest BCUT2D eigenvalue weighted by molar-refractivity contribution is 0.270. The number of aryl methyl sites for hydroxylation is 1. The van der Waals surface area contributed by atoms with Crippen molar-refractivity contribution in [2.24, 2.45) is 5.92 Å². The van der Waals surface area contributed by atoms with Crippen molar-refractivity contribution in [3.8, 4) is 22.7 Å². The van der Waals surface area contributed by atoms with Crippen molar-refractivity contribution >= 4 is 10.9 Å². The second-order valence-electron chi connectivity index (χ2n) is 8.52. The molecule has 154 valence electrons. The maximum atomic E-state index is 6.23. The number of rotatable bonds is 5. The Hall–Kier alpha value is -3.05. The fourth-order valence-corrected chi connectivity index (χ4v) is 4.24. The molecule has 1 aliphatic heterocycles. The van der Waals surface area contributed by atoms with Crippen LogP contribution in [0, 0.1) is 12.8 Å². The molecule has 2 aromatic heterocycles. The molecule has 4 aromatic rings. The van der Waals surface area contributed by atoms with Crippen molar-refractivity contribution in [2.75, 3.05) is 13.2 Å². The van der Waals surface area contributed by atoms with Gasteiger partial charge in [0.1, 0.15) is 11.4 Å². The van der Waals surface area contributed by atoms with Crippen molar-refractivity contribution in [2.45, 2.75) is 33.7 Å². The van der Waals surface area contributed by atoms with E-state index in [-0.39, 0.29) is 0 Å². The summed E-state index contributed by atoms with van der Waals surface area (Å²) in [6.07, 6.45) is 2.93. The molecule has 0 saturated heterocycles. The van der Waals surface area contributed by atoms with E-state index in [4.69, 9.17) is 9.84 Å². The van der Waals surface area contributed by atoms with E-state index in [0.717, 1.165) is 47.7 Å². The van der Waals surface area contributed by atoms with Crippen molar-refractivity contribution in [3.05, 3.63) is 65.5 Å². The Kier molecular flexibility index (Phi) is 4.83. The van der Waals surface area contributed by atoms with E-state index in [1.807, 2.05) is 6.20 Å². The van der Waals surface area contributed by atoms with Gasteiger partial charge in [-0.25, -0.2) is 4.68 Å². The van der Waals surface area contributed by atoms with E-state index in [9.17, 15) is 0 Å². The molecular formula is C25H28N4O. The number of fused-ring (bicyclic) bond motifs is 2. The van der Waals surface area contributed by atoms with Gasteiger partial charge in [-0.1, -0.05) is 32.0 Å². The molecule has 5 rings (SSSR count). The molecule has 30 heavy (non-hydrogen) atoms. The van der Waals surface area contributed by atoms with Crippen LogP contribution in [0.2, 0.25) is 0 Å². The van der Waals surface area contributed by atoms with E-state index in [1.165, 1.54) is 22.2 Å². The van der Waals surface area contributed by atoms with E-state index in [2.05, 4.69) is 78.2 Å². The zero-order chi connectivity index (χ0) is 20.7. The van der Waals surface area contributed by atoms with E-state index < -0.39 is 0 Å². The average molecular weight is 401 g/mol. The van der Waals surface area contributed by atoms with Gasteiger partial charge in [-0.3, -0.25) is 0 Å². The number of H-pyrrole nitrogens is 1. The molecule has 0 spiro atoms.